The van der Waals surface area contributed by atoms with Gasteiger partial charge in [-0.05, 0) is 43.7 Å². The van der Waals surface area contributed by atoms with Gasteiger partial charge in [-0.3, -0.25) is 9.48 Å². The van der Waals surface area contributed by atoms with E-state index < -0.39 is 5.82 Å². The minimum absolute atomic E-state index is 0.0306. The molecule has 1 saturated heterocycles. The van der Waals surface area contributed by atoms with Crippen LogP contribution in [-0.4, -0.2) is 40.3 Å². The number of carbonyl (C=O) groups excluding carboxylic acids is 1. The van der Waals surface area contributed by atoms with Gasteiger partial charge in [-0.2, -0.15) is 5.10 Å². The van der Waals surface area contributed by atoms with Crippen molar-refractivity contribution >= 4 is 5.91 Å². The maximum atomic E-state index is 14.9. The fourth-order valence-corrected chi connectivity index (χ4v) is 4.80. The summed E-state index contributed by atoms with van der Waals surface area (Å²) in [6.07, 6.45) is 8.53. The number of methoxy groups -OCH3 is 1. The Morgan fingerprint density at radius 1 is 1.22 bits per heavy atom. The molecule has 0 bridgehead atoms. The molecule has 0 spiro atoms. The number of rotatable bonds is 3. The second-order valence-electron chi connectivity index (χ2n) is 7.60. The third-order valence-corrected chi connectivity index (χ3v) is 6.11. The molecular formula is C21H26FN3O2. The van der Waals surface area contributed by atoms with Gasteiger partial charge in [-0.1, -0.05) is 18.9 Å². The Labute approximate surface area is 159 Å². The molecule has 1 aromatic carbocycles. The number of amides is 1. The summed E-state index contributed by atoms with van der Waals surface area (Å²) in [6, 6.07) is 5.29. The second-order valence-corrected chi connectivity index (χ2v) is 7.60. The third-order valence-electron chi connectivity index (χ3n) is 6.11. The molecule has 1 amide bonds. The molecule has 1 saturated carbocycles. The fraction of sp³-hybridized carbons (Fsp3) is 0.524. The topological polar surface area (TPSA) is 47.4 Å². The summed E-state index contributed by atoms with van der Waals surface area (Å²) in [5, 5.41) is 4.27. The molecule has 2 aliphatic rings. The van der Waals surface area contributed by atoms with E-state index >= 15 is 0 Å². The number of carbonyl (C=O) groups is 1. The van der Waals surface area contributed by atoms with Crippen LogP contribution in [0.15, 0.2) is 24.4 Å². The number of nitrogens with zero attached hydrogens (tertiary/aromatic N) is 3. The highest BCUT2D eigenvalue weighted by atomic mass is 19.1. The number of fused-ring (bicyclic) bond motifs is 1. The van der Waals surface area contributed by atoms with Gasteiger partial charge in [0.25, 0.3) is 5.91 Å². The van der Waals surface area contributed by atoms with Crippen molar-refractivity contribution < 1.29 is 13.9 Å². The Balaban J connectivity index is 1.72. The first kappa shape index (κ1) is 18.0. The summed E-state index contributed by atoms with van der Waals surface area (Å²) in [7, 11) is 3.18. The fourth-order valence-electron chi connectivity index (χ4n) is 4.80. The van der Waals surface area contributed by atoms with Crippen molar-refractivity contribution in [3.8, 4) is 17.0 Å². The first-order valence-electron chi connectivity index (χ1n) is 9.77. The smallest absolute Gasteiger partial charge is 0.257 e. The maximum absolute atomic E-state index is 14.9. The molecule has 6 heteroatoms. The van der Waals surface area contributed by atoms with E-state index in [9.17, 15) is 9.18 Å². The Kier molecular flexibility index (Phi) is 4.89. The highest BCUT2D eigenvalue weighted by Crippen LogP contribution is 2.37. The lowest BCUT2D eigenvalue weighted by Gasteiger charge is -2.44. The lowest BCUT2D eigenvalue weighted by molar-refractivity contribution is 0.0391. The molecule has 1 aliphatic carbocycles. The van der Waals surface area contributed by atoms with Crippen LogP contribution in [0.1, 0.15) is 48.9 Å². The highest BCUT2D eigenvalue weighted by Gasteiger charge is 2.37. The van der Waals surface area contributed by atoms with Crippen molar-refractivity contribution in [1.29, 1.82) is 0 Å². The van der Waals surface area contributed by atoms with Crippen LogP contribution in [0.2, 0.25) is 0 Å². The summed E-state index contributed by atoms with van der Waals surface area (Å²) in [5.41, 5.74) is 1.32. The largest absolute Gasteiger partial charge is 0.494 e. The third kappa shape index (κ3) is 3.11. The van der Waals surface area contributed by atoms with Gasteiger partial charge in [0.05, 0.1) is 24.6 Å². The molecule has 1 aliphatic heterocycles. The summed E-state index contributed by atoms with van der Waals surface area (Å²) in [5.74, 6) is 0.270. The van der Waals surface area contributed by atoms with Crippen LogP contribution in [0, 0.1) is 11.7 Å². The lowest BCUT2D eigenvalue weighted by Crippen LogP contribution is -2.49. The average Bonchev–Trinajstić information content (AvgIpc) is 3.08. The normalized spacial score (nSPS) is 22.4. The summed E-state index contributed by atoms with van der Waals surface area (Å²) < 4.78 is 21.6. The number of piperidine rings is 1. The molecule has 0 N–H and O–H groups in total. The highest BCUT2D eigenvalue weighted by molar-refractivity contribution is 6.00. The Hall–Kier alpha value is -2.37. The molecule has 2 fully saturated rings. The number of hydrogen-bond acceptors (Lipinski definition) is 3. The van der Waals surface area contributed by atoms with Crippen LogP contribution < -0.4 is 4.74 Å². The molecule has 2 unspecified atom stereocenters. The summed E-state index contributed by atoms with van der Waals surface area (Å²) in [4.78, 5) is 15.5. The van der Waals surface area contributed by atoms with Gasteiger partial charge >= 0.3 is 0 Å². The van der Waals surface area contributed by atoms with E-state index in [2.05, 4.69) is 5.10 Å². The van der Waals surface area contributed by atoms with Gasteiger partial charge in [-0.15, -0.1) is 0 Å². The van der Waals surface area contributed by atoms with Crippen molar-refractivity contribution in [2.75, 3.05) is 13.7 Å². The number of aryl methyl sites for hydroxylation is 1. The number of ether oxygens (including phenoxy) is 1. The molecule has 4 rings (SSSR count). The summed E-state index contributed by atoms with van der Waals surface area (Å²) in [6.45, 7) is 0.773. The number of benzene rings is 1. The molecule has 2 aromatic rings. The van der Waals surface area contributed by atoms with Gasteiger partial charge in [0.2, 0.25) is 0 Å². The molecule has 0 radical (unpaired) electrons. The van der Waals surface area contributed by atoms with Crippen LogP contribution in [0.25, 0.3) is 11.3 Å². The molecule has 27 heavy (non-hydrogen) atoms. The first-order valence-corrected chi connectivity index (χ1v) is 9.77. The number of likely N-dealkylation sites (tertiary alicyclic amines) is 1. The zero-order valence-electron chi connectivity index (χ0n) is 15.9. The number of aromatic nitrogens is 2. The number of hydrogen-bond donors (Lipinski definition) is 0. The van der Waals surface area contributed by atoms with Crippen LogP contribution in [0.3, 0.4) is 0 Å². The van der Waals surface area contributed by atoms with Crippen molar-refractivity contribution in [3.05, 3.63) is 35.8 Å². The van der Waals surface area contributed by atoms with Crippen molar-refractivity contribution in [3.63, 3.8) is 0 Å². The van der Waals surface area contributed by atoms with Gasteiger partial charge in [0, 0.05) is 25.2 Å². The van der Waals surface area contributed by atoms with E-state index in [0.29, 0.717) is 28.8 Å². The predicted molar refractivity (Wildman–Crippen MR) is 101 cm³/mol. The van der Waals surface area contributed by atoms with E-state index in [-0.39, 0.29) is 11.7 Å². The lowest BCUT2D eigenvalue weighted by atomic mass is 9.78. The monoisotopic (exact) mass is 371 g/mol. The van der Waals surface area contributed by atoms with E-state index in [1.807, 2.05) is 4.90 Å². The molecule has 5 nitrogen and oxygen atoms in total. The Bertz CT molecular complexity index is 846. The number of halogens is 1. The van der Waals surface area contributed by atoms with Gasteiger partial charge in [0.15, 0.2) is 11.6 Å². The van der Waals surface area contributed by atoms with Gasteiger partial charge in [0.1, 0.15) is 0 Å². The Morgan fingerprint density at radius 3 is 2.81 bits per heavy atom. The SMILES string of the molecule is COc1cccc(-c2c(C(=O)N3CCCC4CCCCC43)cnn2C)c1F. The minimum Gasteiger partial charge on any atom is -0.494 e. The standard InChI is InChI=1S/C21H26FN3O2/c1-24-20(15-9-5-11-18(27-2)19(15)22)16(13-23-24)21(26)25-12-6-8-14-7-3-4-10-17(14)25/h5,9,11,13-14,17H,3-4,6-8,10,12H2,1-2H3. The zero-order chi connectivity index (χ0) is 19.0. The van der Waals surface area contributed by atoms with E-state index in [4.69, 9.17) is 4.74 Å². The van der Waals surface area contributed by atoms with Crippen LogP contribution in [0.5, 0.6) is 5.75 Å². The van der Waals surface area contributed by atoms with Crippen LogP contribution >= 0.6 is 0 Å². The quantitative estimate of drug-likeness (QED) is 0.818. The molecule has 144 valence electrons. The molecule has 1 aromatic heterocycles. The van der Waals surface area contributed by atoms with Crippen molar-refractivity contribution in [2.45, 2.75) is 44.6 Å². The van der Waals surface area contributed by atoms with Crippen molar-refractivity contribution in [2.24, 2.45) is 13.0 Å². The van der Waals surface area contributed by atoms with Gasteiger partial charge < -0.3 is 9.64 Å². The summed E-state index contributed by atoms with van der Waals surface area (Å²) >= 11 is 0. The Morgan fingerprint density at radius 2 is 2.00 bits per heavy atom. The van der Waals surface area contributed by atoms with Crippen LogP contribution in [-0.2, 0) is 7.05 Å². The van der Waals surface area contributed by atoms with E-state index in [1.54, 1.807) is 36.1 Å². The zero-order valence-corrected chi connectivity index (χ0v) is 15.9. The van der Waals surface area contributed by atoms with Crippen LogP contribution in [0.4, 0.5) is 4.39 Å². The average molecular weight is 371 g/mol. The molecular weight excluding hydrogens is 345 g/mol. The van der Waals surface area contributed by atoms with E-state index in [0.717, 1.165) is 19.4 Å². The van der Waals surface area contributed by atoms with Gasteiger partial charge in [-0.25, -0.2) is 4.39 Å². The predicted octanol–water partition coefficient (Wildman–Crippen LogP) is 4.03. The molecule has 2 atom stereocenters. The second kappa shape index (κ2) is 7.33. The van der Waals surface area contributed by atoms with Crippen molar-refractivity contribution in [1.82, 2.24) is 14.7 Å². The maximum Gasteiger partial charge on any atom is 0.257 e. The van der Waals surface area contributed by atoms with E-state index in [1.165, 1.54) is 32.8 Å². The minimum atomic E-state index is -0.466. The molecule has 2 heterocycles. The first-order chi connectivity index (χ1) is 13.1.